The maximum Gasteiger partial charge on any atom is 0.229 e. The van der Waals surface area contributed by atoms with Gasteiger partial charge in [0.05, 0.1) is 12.5 Å². The number of carbonyl (C=O) groups excluding carboxylic acids is 1. The van der Waals surface area contributed by atoms with Crippen molar-refractivity contribution >= 4 is 11.6 Å². The van der Waals surface area contributed by atoms with Crippen molar-refractivity contribution in [2.75, 3.05) is 5.32 Å². The van der Waals surface area contributed by atoms with Crippen LogP contribution in [0, 0.1) is 16.7 Å². The summed E-state index contributed by atoms with van der Waals surface area (Å²) in [6, 6.07) is 9.41. The van der Waals surface area contributed by atoms with Crippen molar-refractivity contribution in [1.82, 2.24) is 0 Å². The lowest BCUT2D eigenvalue weighted by Crippen LogP contribution is -2.27. The lowest BCUT2D eigenvalue weighted by atomic mass is 9.95. The summed E-state index contributed by atoms with van der Waals surface area (Å²) in [5, 5.41) is 11.4. The molecule has 0 fully saturated rings. The second kappa shape index (κ2) is 4.80. The Bertz CT molecular complexity index is 407. The van der Waals surface area contributed by atoms with Gasteiger partial charge in [-0.05, 0) is 17.7 Å². The van der Waals surface area contributed by atoms with Crippen molar-refractivity contribution in [2.24, 2.45) is 5.41 Å². The van der Waals surface area contributed by atoms with E-state index in [0.29, 0.717) is 6.42 Å². The first-order valence-corrected chi connectivity index (χ1v) is 5.21. The van der Waals surface area contributed by atoms with Crippen LogP contribution in [0.15, 0.2) is 24.3 Å². The zero-order chi connectivity index (χ0) is 12.2. The lowest BCUT2D eigenvalue weighted by molar-refractivity contribution is -0.123. The first-order valence-electron chi connectivity index (χ1n) is 5.21. The van der Waals surface area contributed by atoms with E-state index < -0.39 is 5.41 Å². The van der Waals surface area contributed by atoms with E-state index in [9.17, 15) is 4.79 Å². The highest BCUT2D eigenvalue weighted by Crippen LogP contribution is 2.17. The molecule has 3 nitrogen and oxygen atoms in total. The third-order valence-corrected chi connectivity index (χ3v) is 2.18. The molecule has 0 atom stereocenters. The number of amides is 1. The molecular weight excluding hydrogens is 200 g/mol. The minimum absolute atomic E-state index is 0.0134. The van der Waals surface area contributed by atoms with Crippen LogP contribution in [0.3, 0.4) is 0 Å². The average Bonchev–Trinajstić information content (AvgIpc) is 2.20. The molecule has 3 heteroatoms. The van der Waals surface area contributed by atoms with Gasteiger partial charge in [-0.15, -0.1) is 0 Å². The molecule has 0 aliphatic rings. The molecule has 0 spiro atoms. The van der Waals surface area contributed by atoms with Gasteiger partial charge in [-0.25, -0.2) is 0 Å². The smallest absolute Gasteiger partial charge is 0.229 e. The molecule has 0 radical (unpaired) electrons. The van der Waals surface area contributed by atoms with Crippen molar-refractivity contribution in [3.63, 3.8) is 0 Å². The summed E-state index contributed by atoms with van der Waals surface area (Å²) < 4.78 is 0. The molecule has 1 N–H and O–H groups in total. The van der Waals surface area contributed by atoms with Crippen LogP contribution in [0.4, 0.5) is 5.69 Å². The summed E-state index contributed by atoms with van der Waals surface area (Å²) in [5.41, 5.74) is 1.32. The molecule has 84 valence electrons. The van der Waals surface area contributed by atoms with Crippen molar-refractivity contribution in [3.05, 3.63) is 29.8 Å². The predicted molar refractivity (Wildman–Crippen MR) is 63.8 cm³/mol. The fourth-order valence-corrected chi connectivity index (χ4v) is 1.12. The van der Waals surface area contributed by atoms with Crippen molar-refractivity contribution in [2.45, 2.75) is 27.2 Å². The number of nitriles is 1. The Balaban J connectivity index is 2.70. The van der Waals surface area contributed by atoms with Crippen LogP contribution in [0.1, 0.15) is 26.3 Å². The molecule has 0 aliphatic heterocycles. The number of hydrogen-bond acceptors (Lipinski definition) is 2. The van der Waals surface area contributed by atoms with E-state index in [1.807, 2.05) is 45.0 Å². The number of nitrogens with one attached hydrogen (secondary N) is 1. The first kappa shape index (κ1) is 12.3. The number of rotatable bonds is 2. The van der Waals surface area contributed by atoms with E-state index in [0.717, 1.165) is 11.3 Å². The molecular formula is C13H16N2O. The average molecular weight is 216 g/mol. The molecule has 1 rings (SSSR count). The van der Waals surface area contributed by atoms with Crippen molar-refractivity contribution in [3.8, 4) is 6.07 Å². The number of hydrogen-bond donors (Lipinski definition) is 1. The Morgan fingerprint density at radius 3 is 2.31 bits per heavy atom. The highest BCUT2D eigenvalue weighted by Gasteiger charge is 2.20. The van der Waals surface area contributed by atoms with E-state index in [4.69, 9.17) is 5.26 Å². The second-order valence-electron chi connectivity index (χ2n) is 4.74. The fraction of sp³-hybridized carbons (Fsp3) is 0.385. The summed E-state index contributed by atoms with van der Waals surface area (Å²) in [5.74, 6) is -0.0134. The van der Waals surface area contributed by atoms with Gasteiger partial charge in [0, 0.05) is 11.1 Å². The fourth-order valence-electron chi connectivity index (χ4n) is 1.12. The monoisotopic (exact) mass is 216 g/mol. The van der Waals surface area contributed by atoms with Gasteiger partial charge in [0.15, 0.2) is 0 Å². The van der Waals surface area contributed by atoms with Gasteiger partial charge in [-0.1, -0.05) is 32.9 Å². The molecule has 0 saturated heterocycles. The largest absolute Gasteiger partial charge is 0.326 e. The minimum atomic E-state index is -0.397. The third kappa shape index (κ3) is 3.39. The summed E-state index contributed by atoms with van der Waals surface area (Å²) in [4.78, 5) is 11.7. The summed E-state index contributed by atoms with van der Waals surface area (Å²) in [6.45, 7) is 5.60. The Hall–Kier alpha value is -1.82. The number of nitrogens with zero attached hydrogens (tertiary/aromatic N) is 1. The van der Waals surface area contributed by atoms with E-state index in [-0.39, 0.29) is 5.91 Å². The molecule has 1 amide bonds. The quantitative estimate of drug-likeness (QED) is 0.826. The Morgan fingerprint density at radius 2 is 1.88 bits per heavy atom. The highest BCUT2D eigenvalue weighted by molar-refractivity contribution is 5.94. The molecule has 0 aromatic heterocycles. The second-order valence-corrected chi connectivity index (χ2v) is 4.74. The molecule has 16 heavy (non-hydrogen) atoms. The Labute approximate surface area is 96.1 Å². The first-order chi connectivity index (χ1) is 7.43. The molecule has 0 heterocycles. The highest BCUT2D eigenvalue weighted by atomic mass is 16.2. The van der Waals surface area contributed by atoms with Gasteiger partial charge >= 0.3 is 0 Å². The van der Waals surface area contributed by atoms with Gasteiger partial charge in [0.2, 0.25) is 5.91 Å². The maximum absolute atomic E-state index is 11.7. The topological polar surface area (TPSA) is 52.9 Å². The van der Waals surface area contributed by atoms with E-state index >= 15 is 0 Å². The van der Waals surface area contributed by atoms with Crippen LogP contribution in [-0.2, 0) is 11.2 Å². The standard InChI is InChI=1S/C13H16N2O/c1-13(2,3)12(16)15-11-6-4-10(5-7-11)8-9-14/h4-7H,8H2,1-3H3,(H,15,16). The Morgan fingerprint density at radius 1 is 1.31 bits per heavy atom. The minimum Gasteiger partial charge on any atom is -0.326 e. The van der Waals surface area contributed by atoms with E-state index in [1.165, 1.54) is 0 Å². The van der Waals surface area contributed by atoms with E-state index in [1.54, 1.807) is 0 Å². The molecule has 0 saturated carbocycles. The normalized spacial score (nSPS) is 10.6. The van der Waals surface area contributed by atoms with Gasteiger partial charge in [-0.3, -0.25) is 4.79 Å². The summed E-state index contributed by atoms with van der Waals surface area (Å²) >= 11 is 0. The summed E-state index contributed by atoms with van der Waals surface area (Å²) in [7, 11) is 0. The zero-order valence-corrected chi connectivity index (χ0v) is 9.87. The van der Waals surface area contributed by atoms with E-state index in [2.05, 4.69) is 11.4 Å². The van der Waals surface area contributed by atoms with Crippen molar-refractivity contribution < 1.29 is 4.79 Å². The SMILES string of the molecule is CC(C)(C)C(=O)Nc1ccc(CC#N)cc1. The molecule has 0 unspecified atom stereocenters. The van der Waals surface area contributed by atoms with Crippen molar-refractivity contribution in [1.29, 1.82) is 5.26 Å². The maximum atomic E-state index is 11.7. The van der Waals surface area contributed by atoms with Crippen LogP contribution in [0.2, 0.25) is 0 Å². The molecule has 1 aromatic carbocycles. The lowest BCUT2D eigenvalue weighted by Gasteiger charge is -2.17. The molecule has 0 bridgehead atoms. The third-order valence-electron chi connectivity index (χ3n) is 2.18. The summed E-state index contributed by atoms with van der Waals surface area (Å²) in [6.07, 6.45) is 0.396. The van der Waals surface area contributed by atoms with Gasteiger partial charge < -0.3 is 5.32 Å². The number of anilines is 1. The van der Waals surface area contributed by atoms with Gasteiger partial charge in [0.1, 0.15) is 0 Å². The zero-order valence-electron chi connectivity index (χ0n) is 9.87. The Kier molecular flexibility index (Phi) is 3.68. The van der Waals surface area contributed by atoms with Gasteiger partial charge in [-0.2, -0.15) is 5.26 Å². The van der Waals surface area contributed by atoms with Crippen LogP contribution in [-0.4, -0.2) is 5.91 Å². The predicted octanol–water partition coefficient (Wildman–Crippen LogP) is 2.74. The number of carbonyl (C=O) groups is 1. The number of benzene rings is 1. The van der Waals surface area contributed by atoms with Crippen LogP contribution in [0.25, 0.3) is 0 Å². The van der Waals surface area contributed by atoms with Crippen LogP contribution < -0.4 is 5.32 Å². The van der Waals surface area contributed by atoms with Crippen LogP contribution in [0.5, 0.6) is 0 Å². The molecule has 1 aromatic rings. The molecule has 0 aliphatic carbocycles. The van der Waals surface area contributed by atoms with Gasteiger partial charge in [0.25, 0.3) is 0 Å². The van der Waals surface area contributed by atoms with Crippen LogP contribution >= 0.6 is 0 Å².